The number of fused-ring (bicyclic) bond motifs is 9. The van der Waals surface area contributed by atoms with Crippen LogP contribution < -0.4 is 4.90 Å². The van der Waals surface area contributed by atoms with Crippen LogP contribution in [0.5, 0.6) is 0 Å². The van der Waals surface area contributed by atoms with Crippen LogP contribution >= 0.6 is 0 Å². The van der Waals surface area contributed by atoms with Gasteiger partial charge in [0.2, 0.25) is 0 Å². The topological polar surface area (TPSA) is 3.24 Å². The Morgan fingerprint density at radius 2 is 0.803 bits per heavy atom. The van der Waals surface area contributed by atoms with E-state index in [0.717, 1.165) is 17.1 Å². The average molecular weight is 904 g/mol. The number of hydrogen-bond donors (Lipinski definition) is 0. The van der Waals surface area contributed by atoms with Crippen molar-refractivity contribution < 1.29 is 0 Å². The SMILES string of the molecule is Cc1ccc(N(c2ccc(C)cc2)c2ccc3c(c2)cc2c4cc5c(-c6ccccc6)c6c7ccc8ccc9cc(C(C)(C)C)cc%10cc(c6c(-c6ccccc6)c5cc4c4cccc3c42)c7c8c9%10)cc1. The van der Waals surface area contributed by atoms with Gasteiger partial charge in [0.15, 0.2) is 0 Å². The van der Waals surface area contributed by atoms with Crippen molar-refractivity contribution in [2.24, 2.45) is 0 Å². The molecule has 0 atom stereocenters. The van der Waals surface area contributed by atoms with E-state index >= 15 is 0 Å². The van der Waals surface area contributed by atoms with E-state index in [0.29, 0.717) is 0 Å². The van der Waals surface area contributed by atoms with Crippen LogP contribution in [-0.2, 0) is 5.41 Å². The van der Waals surface area contributed by atoms with Crippen molar-refractivity contribution in [3.05, 3.63) is 223 Å². The molecule has 0 spiro atoms. The minimum absolute atomic E-state index is 0.0118. The highest BCUT2D eigenvalue weighted by Gasteiger charge is 2.28. The molecule has 0 aromatic heterocycles. The fourth-order valence-corrected chi connectivity index (χ4v) is 12.7. The molecular formula is C70H49N. The fourth-order valence-electron chi connectivity index (χ4n) is 12.7. The maximum atomic E-state index is 2.57. The Labute approximate surface area is 412 Å². The lowest BCUT2D eigenvalue weighted by Gasteiger charge is -2.26. The lowest BCUT2D eigenvalue weighted by molar-refractivity contribution is 0.591. The first kappa shape index (κ1) is 40.4. The van der Waals surface area contributed by atoms with Gasteiger partial charge in [-0.3, -0.25) is 0 Å². The van der Waals surface area contributed by atoms with Gasteiger partial charge in [0, 0.05) is 17.1 Å². The molecule has 334 valence electrons. The highest BCUT2D eigenvalue weighted by Crippen LogP contribution is 2.55. The van der Waals surface area contributed by atoms with Gasteiger partial charge in [-0.05, 0) is 215 Å². The van der Waals surface area contributed by atoms with Crippen LogP contribution in [0.4, 0.5) is 17.1 Å². The molecule has 0 aliphatic carbocycles. The summed E-state index contributed by atoms with van der Waals surface area (Å²) in [5.41, 5.74) is 12.4. The van der Waals surface area contributed by atoms with E-state index < -0.39 is 0 Å². The molecule has 0 unspecified atom stereocenters. The zero-order valence-electron chi connectivity index (χ0n) is 40.6. The van der Waals surface area contributed by atoms with Crippen LogP contribution in [0.2, 0.25) is 0 Å². The van der Waals surface area contributed by atoms with Gasteiger partial charge >= 0.3 is 0 Å². The predicted octanol–water partition coefficient (Wildman–Crippen LogP) is 20.3. The molecule has 15 aromatic carbocycles. The number of benzene rings is 13. The third-order valence-electron chi connectivity index (χ3n) is 16.1. The largest absolute Gasteiger partial charge is 0.310 e. The fraction of sp³-hybridized carbons (Fsp3) is 0.0857. The molecule has 0 heterocycles. The van der Waals surface area contributed by atoms with Gasteiger partial charge in [0.05, 0.1) is 0 Å². The summed E-state index contributed by atoms with van der Waals surface area (Å²) in [6.07, 6.45) is 0. The number of hydrogen-bond acceptors (Lipinski definition) is 1. The van der Waals surface area contributed by atoms with E-state index in [-0.39, 0.29) is 5.41 Å². The number of aryl methyl sites for hydroxylation is 2. The Bertz CT molecular complexity index is 4590. The molecule has 15 aromatic rings. The average Bonchev–Trinajstić information content (AvgIpc) is 3.89. The van der Waals surface area contributed by atoms with Gasteiger partial charge in [-0.2, -0.15) is 0 Å². The van der Waals surface area contributed by atoms with Gasteiger partial charge in [-0.25, -0.2) is 0 Å². The van der Waals surface area contributed by atoms with Crippen LogP contribution in [0, 0.1) is 13.8 Å². The number of rotatable bonds is 5. The van der Waals surface area contributed by atoms with Gasteiger partial charge in [0.25, 0.3) is 0 Å². The maximum absolute atomic E-state index is 2.57. The Balaban J connectivity index is 1.10. The molecule has 0 saturated carbocycles. The molecule has 0 bridgehead atoms. The zero-order chi connectivity index (χ0) is 47.4. The summed E-state index contributed by atoms with van der Waals surface area (Å²) < 4.78 is 0. The summed E-state index contributed by atoms with van der Waals surface area (Å²) in [6, 6.07) is 78.9. The van der Waals surface area contributed by atoms with E-state index in [1.54, 1.807) is 0 Å². The molecule has 71 heavy (non-hydrogen) atoms. The Hall–Kier alpha value is -8.52. The third kappa shape index (κ3) is 5.75. The first-order chi connectivity index (χ1) is 34.7. The van der Waals surface area contributed by atoms with Crippen molar-refractivity contribution in [2.75, 3.05) is 4.90 Å². The second-order valence-corrected chi connectivity index (χ2v) is 21.4. The van der Waals surface area contributed by atoms with Crippen molar-refractivity contribution in [2.45, 2.75) is 40.0 Å². The quantitative estimate of drug-likeness (QED) is 0.156. The molecule has 0 saturated heterocycles. The summed E-state index contributed by atoms with van der Waals surface area (Å²) >= 11 is 0. The molecular weight excluding hydrogens is 855 g/mol. The molecule has 15 rings (SSSR count). The molecule has 0 amide bonds. The third-order valence-corrected chi connectivity index (χ3v) is 16.1. The van der Waals surface area contributed by atoms with Gasteiger partial charge in [-0.15, -0.1) is 0 Å². The summed E-state index contributed by atoms with van der Waals surface area (Å²) in [7, 11) is 0. The second-order valence-electron chi connectivity index (χ2n) is 21.4. The second kappa shape index (κ2) is 14.5. The van der Waals surface area contributed by atoms with E-state index in [2.05, 4.69) is 246 Å². The highest BCUT2D eigenvalue weighted by atomic mass is 15.1. The lowest BCUT2D eigenvalue weighted by Crippen LogP contribution is -2.10. The minimum Gasteiger partial charge on any atom is -0.310 e. The first-order valence-electron chi connectivity index (χ1n) is 25.2. The smallest absolute Gasteiger partial charge is 0.0468 e. The number of anilines is 3. The van der Waals surface area contributed by atoms with Crippen molar-refractivity contribution in [3.8, 4) is 22.3 Å². The summed E-state index contributed by atoms with van der Waals surface area (Å²) in [5.74, 6) is 0. The summed E-state index contributed by atoms with van der Waals surface area (Å²) in [4.78, 5) is 2.39. The molecule has 0 aliphatic rings. The predicted molar refractivity (Wildman–Crippen MR) is 309 cm³/mol. The van der Waals surface area contributed by atoms with Crippen LogP contribution in [0.25, 0.3) is 130 Å². The standard InChI is InChI=1S/C70H49N/c1-40-19-26-49(27-20-40)71(50-28-21-41(2)22-29-50)51-30-32-52-46(35-51)36-58-57-39-60-59(38-56(57)54-18-12-17-53(52)66(54)58)64(43-15-10-7-11-16-43)69-61-37-47-34-48(70(3,4)5)33-45-24-23-44-25-31-55(67(61)65(44)62(45)47)68(69)63(60)42-13-8-6-9-14-42/h6-39H,1-5H3. The van der Waals surface area contributed by atoms with Crippen molar-refractivity contribution >= 4 is 125 Å². The van der Waals surface area contributed by atoms with E-state index in [9.17, 15) is 0 Å². The molecule has 0 aliphatic heterocycles. The van der Waals surface area contributed by atoms with Crippen LogP contribution in [-0.4, -0.2) is 0 Å². The van der Waals surface area contributed by atoms with Crippen molar-refractivity contribution in [1.29, 1.82) is 0 Å². The normalized spacial score (nSPS) is 12.6. The van der Waals surface area contributed by atoms with Crippen molar-refractivity contribution in [1.82, 2.24) is 0 Å². The Morgan fingerprint density at radius 1 is 0.282 bits per heavy atom. The lowest BCUT2D eigenvalue weighted by atomic mass is 9.83. The highest BCUT2D eigenvalue weighted by molar-refractivity contribution is 6.46. The zero-order valence-corrected chi connectivity index (χ0v) is 40.6. The van der Waals surface area contributed by atoms with E-state index in [1.807, 2.05) is 0 Å². The minimum atomic E-state index is 0.0118. The van der Waals surface area contributed by atoms with Crippen molar-refractivity contribution in [3.63, 3.8) is 0 Å². The van der Waals surface area contributed by atoms with Gasteiger partial charge in [-0.1, -0.05) is 177 Å². The maximum Gasteiger partial charge on any atom is 0.0468 e. The van der Waals surface area contributed by atoms with E-state index in [1.165, 1.54) is 147 Å². The van der Waals surface area contributed by atoms with Gasteiger partial charge in [0.1, 0.15) is 0 Å². The molecule has 1 heteroatoms. The summed E-state index contributed by atoms with van der Waals surface area (Å²) in [5, 5.41) is 26.3. The first-order valence-corrected chi connectivity index (χ1v) is 25.2. The van der Waals surface area contributed by atoms with Crippen LogP contribution in [0.15, 0.2) is 206 Å². The van der Waals surface area contributed by atoms with Gasteiger partial charge < -0.3 is 4.90 Å². The Kier molecular flexibility index (Phi) is 8.25. The molecule has 0 N–H and O–H groups in total. The summed E-state index contributed by atoms with van der Waals surface area (Å²) in [6.45, 7) is 11.3. The molecule has 0 radical (unpaired) electrons. The number of nitrogens with zero attached hydrogens (tertiary/aromatic N) is 1. The Morgan fingerprint density at radius 3 is 1.44 bits per heavy atom. The van der Waals surface area contributed by atoms with Crippen LogP contribution in [0.1, 0.15) is 37.5 Å². The van der Waals surface area contributed by atoms with Crippen LogP contribution in [0.3, 0.4) is 0 Å². The molecule has 0 fully saturated rings. The molecule has 1 nitrogen and oxygen atoms in total. The van der Waals surface area contributed by atoms with E-state index in [4.69, 9.17) is 0 Å². The monoisotopic (exact) mass is 903 g/mol.